The molecule has 0 atom stereocenters. The second-order valence-corrected chi connectivity index (χ2v) is 7.17. The zero-order valence-corrected chi connectivity index (χ0v) is 14.9. The number of H-pyrrole nitrogens is 1. The Kier molecular flexibility index (Phi) is 4.24. The highest BCUT2D eigenvalue weighted by Gasteiger charge is 2.25. The van der Waals surface area contributed by atoms with E-state index in [1.54, 1.807) is 7.11 Å². The molecular weight excluding hydrogens is 312 g/mol. The Balaban J connectivity index is 1.55. The Morgan fingerprint density at radius 3 is 2.52 bits per heavy atom. The molecule has 1 aromatic heterocycles. The van der Waals surface area contributed by atoms with E-state index in [0.717, 1.165) is 54.3 Å². The number of nitrogens with zero attached hydrogens (tertiary/aromatic N) is 1. The highest BCUT2D eigenvalue weighted by atomic mass is 16.5. The maximum atomic E-state index is 5.50. The summed E-state index contributed by atoms with van der Waals surface area (Å²) in [6.45, 7) is 4.98. The second-order valence-electron chi connectivity index (χ2n) is 7.17. The van der Waals surface area contributed by atoms with Crippen LogP contribution in [0.3, 0.4) is 0 Å². The number of hydrogen-bond acceptors (Lipinski definition) is 2. The van der Waals surface area contributed by atoms with Gasteiger partial charge in [0.05, 0.1) is 27.4 Å². The summed E-state index contributed by atoms with van der Waals surface area (Å²) in [7, 11) is 4.02. The van der Waals surface area contributed by atoms with Crippen LogP contribution in [0.25, 0.3) is 22.2 Å². The van der Waals surface area contributed by atoms with Gasteiger partial charge in [-0.15, -0.1) is 0 Å². The molecule has 0 spiro atoms. The van der Waals surface area contributed by atoms with Crippen LogP contribution in [-0.2, 0) is 11.3 Å². The number of aromatic nitrogens is 1. The molecule has 4 heteroatoms. The smallest absolute Gasteiger partial charge is 0.119 e. The third kappa shape index (κ3) is 3.41. The Morgan fingerprint density at radius 1 is 1.04 bits per heavy atom. The van der Waals surface area contributed by atoms with E-state index in [-0.39, 0.29) is 0 Å². The van der Waals surface area contributed by atoms with Crippen molar-refractivity contribution in [3.05, 3.63) is 54.1 Å². The third-order valence-electron chi connectivity index (χ3n) is 5.21. The molecule has 0 amide bonds. The van der Waals surface area contributed by atoms with Crippen molar-refractivity contribution in [3.63, 3.8) is 0 Å². The fourth-order valence-electron chi connectivity index (χ4n) is 3.57. The zero-order valence-electron chi connectivity index (χ0n) is 14.9. The lowest BCUT2D eigenvalue weighted by Gasteiger charge is -2.37. The number of fused-ring (bicyclic) bond motifs is 1. The fraction of sp³-hybridized carbons (Fsp3) is 0.333. The SMILES string of the molecule is COc1ccc2[nH]c(-c3ccc(C[N+]4(C)CCOCC4)cc3)cc2c1. The number of hydrogen-bond donors (Lipinski definition) is 1. The van der Waals surface area contributed by atoms with Gasteiger partial charge in [0.1, 0.15) is 25.4 Å². The normalized spacial score (nSPS) is 16.9. The van der Waals surface area contributed by atoms with Gasteiger partial charge >= 0.3 is 0 Å². The summed E-state index contributed by atoms with van der Waals surface area (Å²) in [5.74, 6) is 0.885. The van der Waals surface area contributed by atoms with Gasteiger partial charge in [0, 0.05) is 22.2 Å². The molecule has 25 heavy (non-hydrogen) atoms. The van der Waals surface area contributed by atoms with Crippen LogP contribution in [-0.4, -0.2) is 49.9 Å². The number of benzene rings is 2. The Labute approximate surface area is 148 Å². The van der Waals surface area contributed by atoms with E-state index in [1.807, 2.05) is 6.07 Å². The van der Waals surface area contributed by atoms with Crippen molar-refractivity contribution in [2.24, 2.45) is 0 Å². The Morgan fingerprint density at radius 2 is 1.80 bits per heavy atom. The molecule has 130 valence electrons. The molecule has 1 aliphatic heterocycles. The van der Waals surface area contributed by atoms with Crippen LogP contribution in [0, 0.1) is 0 Å². The molecule has 4 rings (SSSR count). The van der Waals surface area contributed by atoms with E-state index in [4.69, 9.17) is 9.47 Å². The van der Waals surface area contributed by atoms with Crippen LogP contribution in [0.1, 0.15) is 5.56 Å². The first-order valence-corrected chi connectivity index (χ1v) is 8.83. The van der Waals surface area contributed by atoms with Crippen molar-refractivity contribution in [2.75, 3.05) is 40.5 Å². The molecule has 1 aliphatic rings. The monoisotopic (exact) mass is 337 g/mol. The predicted molar refractivity (Wildman–Crippen MR) is 101 cm³/mol. The molecule has 4 nitrogen and oxygen atoms in total. The van der Waals surface area contributed by atoms with Crippen LogP contribution in [0.2, 0.25) is 0 Å². The van der Waals surface area contributed by atoms with Crippen molar-refractivity contribution in [1.82, 2.24) is 4.98 Å². The van der Waals surface area contributed by atoms with Crippen LogP contribution in [0.4, 0.5) is 0 Å². The largest absolute Gasteiger partial charge is 0.497 e. The number of nitrogens with one attached hydrogen (secondary N) is 1. The number of quaternary nitrogens is 1. The van der Waals surface area contributed by atoms with Crippen LogP contribution >= 0.6 is 0 Å². The number of rotatable bonds is 4. The number of ether oxygens (including phenoxy) is 2. The number of methoxy groups -OCH3 is 1. The van der Waals surface area contributed by atoms with Crippen LogP contribution < -0.4 is 4.74 Å². The number of aromatic amines is 1. The van der Waals surface area contributed by atoms with Crippen molar-refractivity contribution in [3.8, 4) is 17.0 Å². The summed E-state index contributed by atoms with van der Waals surface area (Å²) >= 11 is 0. The zero-order chi connectivity index (χ0) is 17.3. The standard InChI is InChI=1S/C21H25N2O2/c1-23(9-11-25-12-10-23)15-16-3-5-17(6-4-16)21-14-18-13-19(24-2)7-8-20(18)22-21/h3-8,13-14,22H,9-12,15H2,1-2H3/q+1. The van der Waals surface area contributed by atoms with Gasteiger partial charge in [-0.05, 0) is 29.8 Å². The van der Waals surface area contributed by atoms with Gasteiger partial charge < -0.3 is 18.9 Å². The number of morpholine rings is 1. The molecule has 1 fully saturated rings. The van der Waals surface area contributed by atoms with E-state index in [0.29, 0.717) is 0 Å². The number of likely N-dealkylation sites (N-methyl/N-ethyl adjacent to an activating group) is 1. The minimum absolute atomic E-state index is 0.868. The van der Waals surface area contributed by atoms with Gasteiger partial charge in [0.2, 0.25) is 0 Å². The van der Waals surface area contributed by atoms with Gasteiger partial charge in [-0.3, -0.25) is 0 Å². The highest BCUT2D eigenvalue weighted by Crippen LogP contribution is 2.27. The van der Waals surface area contributed by atoms with Gasteiger partial charge in [0.15, 0.2) is 0 Å². The topological polar surface area (TPSA) is 34.2 Å². The lowest BCUT2D eigenvalue weighted by molar-refractivity contribution is -0.929. The van der Waals surface area contributed by atoms with E-state index in [2.05, 4.69) is 54.5 Å². The summed E-state index contributed by atoms with van der Waals surface area (Å²) in [6, 6.07) is 17.2. The van der Waals surface area contributed by atoms with E-state index < -0.39 is 0 Å². The van der Waals surface area contributed by atoms with E-state index in [1.165, 1.54) is 16.5 Å². The molecular formula is C21H25N2O2+. The molecule has 2 heterocycles. The van der Waals surface area contributed by atoms with Crippen LogP contribution in [0.5, 0.6) is 5.75 Å². The first-order chi connectivity index (χ1) is 12.1. The van der Waals surface area contributed by atoms with Gasteiger partial charge in [-0.2, -0.15) is 0 Å². The van der Waals surface area contributed by atoms with Crippen molar-refractivity contribution < 1.29 is 14.0 Å². The average molecular weight is 337 g/mol. The molecule has 0 saturated carbocycles. The second kappa shape index (κ2) is 6.54. The van der Waals surface area contributed by atoms with E-state index >= 15 is 0 Å². The first-order valence-electron chi connectivity index (χ1n) is 8.83. The maximum Gasteiger partial charge on any atom is 0.119 e. The summed E-state index contributed by atoms with van der Waals surface area (Å²) in [5.41, 5.74) is 4.86. The predicted octanol–water partition coefficient (Wildman–Crippen LogP) is 3.82. The lowest BCUT2D eigenvalue weighted by atomic mass is 10.1. The summed E-state index contributed by atoms with van der Waals surface area (Å²) in [5, 5.41) is 1.17. The van der Waals surface area contributed by atoms with Crippen molar-refractivity contribution in [2.45, 2.75) is 6.54 Å². The van der Waals surface area contributed by atoms with Crippen molar-refractivity contribution >= 4 is 10.9 Å². The quantitative estimate of drug-likeness (QED) is 0.735. The lowest BCUT2D eigenvalue weighted by Crippen LogP contribution is -2.51. The molecule has 1 N–H and O–H groups in total. The van der Waals surface area contributed by atoms with E-state index in [9.17, 15) is 0 Å². The Bertz CT molecular complexity index is 861. The molecule has 2 aromatic carbocycles. The minimum atomic E-state index is 0.868. The highest BCUT2D eigenvalue weighted by molar-refractivity contribution is 5.87. The Hall–Kier alpha value is -2.30. The van der Waals surface area contributed by atoms with Crippen LogP contribution in [0.15, 0.2) is 48.5 Å². The average Bonchev–Trinajstić information content (AvgIpc) is 3.05. The van der Waals surface area contributed by atoms with Gasteiger partial charge in [-0.1, -0.05) is 24.3 Å². The third-order valence-corrected chi connectivity index (χ3v) is 5.21. The minimum Gasteiger partial charge on any atom is -0.497 e. The summed E-state index contributed by atoms with van der Waals surface area (Å²) < 4.78 is 11.9. The molecule has 3 aromatic rings. The van der Waals surface area contributed by atoms with Gasteiger partial charge in [-0.25, -0.2) is 0 Å². The van der Waals surface area contributed by atoms with Gasteiger partial charge in [0.25, 0.3) is 0 Å². The summed E-state index contributed by atoms with van der Waals surface area (Å²) in [4.78, 5) is 3.50. The molecule has 1 saturated heterocycles. The first kappa shape index (κ1) is 16.2. The molecule has 0 unspecified atom stereocenters. The molecule has 0 aliphatic carbocycles. The molecule has 0 radical (unpaired) electrons. The summed E-state index contributed by atoms with van der Waals surface area (Å²) in [6.07, 6.45) is 0. The van der Waals surface area contributed by atoms with Crippen molar-refractivity contribution in [1.29, 1.82) is 0 Å². The maximum absolute atomic E-state index is 5.50. The molecule has 0 bridgehead atoms. The fourth-order valence-corrected chi connectivity index (χ4v) is 3.57.